The lowest BCUT2D eigenvalue weighted by Gasteiger charge is -2.14. The van der Waals surface area contributed by atoms with Gasteiger partial charge in [0.2, 0.25) is 0 Å². The minimum absolute atomic E-state index is 0.438. The summed E-state index contributed by atoms with van der Waals surface area (Å²) in [5.74, 6) is 0. The second-order valence-corrected chi connectivity index (χ2v) is 4.41. The van der Waals surface area contributed by atoms with E-state index >= 15 is 0 Å². The van der Waals surface area contributed by atoms with Crippen LogP contribution in [0, 0.1) is 11.3 Å². The van der Waals surface area contributed by atoms with Gasteiger partial charge in [-0.3, -0.25) is 4.90 Å². The second-order valence-electron chi connectivity index (χ2n) is 4.41. The molecule has 3 aromatic rings. The van der Waals surface area contributed by atoms with E-state index in [0.29, 0.717) is 28.4 Å². The molecule has 1 heterocycles. The van der Waals surface area contributed by atoms with Gasteiger partial charge in [0.15, 0.2) is 5.58 Å². The number of aromatic nitrogens is 1. The molecule has 0 saturated carbocycles. The topological polar surface area (TPSA) is 79.1 Å². The Morgan fingerprint density at radius 2 is 2.05 bits per heavy atom. The number of nitrogens with zero attached hydrogens (tertiary/aromatic N) is 3. The first-order valence-electron chi connectivity index (χ1n) is 6.08. The van der Waals surface area contributed by atoms with Gasteiger partial charge in [-0.1, -0.05) is 12.1 Å². The van der Waals surface area contributed by atoms with Gasteiger partial charge in [0.25, 0.3) is 0 Å². The third-order valence-corrected chi connectivity index (χ3v) is 3.09. The number of hydrogen-bond acceptors (Lipinski definition) is 5. The number of rotatable bonds is 2. The van der Waals surface area contributed by atoms with Crippen molar-refractivity contribution < 1.29 is 4.42 Å². The molecule has 20 heavy (non-hydrogen) atoms. The van der Waals surface area contributed by atoms with Crippen molar-refractivity contribution in [3.63, 3.8) is 0 Å². The number of anilines is 3. The quantitative estimate of drug-likeness (QED) is 0.719. The van der Waals surface area contributed by atoms with Crippen LogP contribution in [0.2, 0.25) is 0 Å². The van der Waals surface area contributed by atoms with Gasteiger partial charge >= 0.3 is 6.01 Å². The summed E-state index contributed by atoms with van der Waals surface area (Å²) in [5, 5.41) is 8.94. The van der Waals surface area contributed by atoms with Crippen molar-refractivity contribution in [2.75, 3.05) is 17.7 Å². The fraction of sp³-hybridized carbons (Fsp3) is 0.0667. The Labute approximate surface area is 115 Å². The molecule has 5 nitrogen and oxygen atoms in total. The average Bonchev–Trinajstić information content (AvgIpc) is 2.92. The van der Waals surface area contributed by atoms with E-state index in [2.05, 4.69) is 11.1 Å². The fourth-order valence-corrected chi connectivity index (χ4v) is 2.00. The van der Waals surface area contributed by atoms with Crippen molar-refractivity contribution in [2.45, 2.75) is 0 Å². The number of benzene rings is 2. The maximum atomic E-state index is 8.94. The highest BCUT2D eigenvalue weighted by molar-refractivity contribution is 5.86. The molecule has 0 unspecified atom stereocenters. The maximum Gasteiger partial charge on any atom is 0.302 e. The van der Waals surface area contributed by atoms with E-state index in [0.717, 1.165) is 5.69 Å². The van der Waals surface area contributed by atoms with Crippen LogP contribution in [-0.2, 0) is 0 Å². The van der Waals surface area contributed by atoms with E-state index in [-0.39, 0.29) is 0 Å². The Kier molecular flexibility index (Phi) is 2.77. The summed E-state index contributed by atoms with van der Waals surface area (Å²) in [6.45, 7) is 0. The van der Waals surface area contributed by atoms with E-state index in [1.165, 1.54) is 0 Å². The molecule has 0 spiro atoms. The Morgan fingerprint density at radius 1 is 1.25 bits per heavy atom. The predicted molar refractivity (Wildman–Crippen MR) is 77.6 cm³/mol. The summed E-state index contributed by atoms with van der Waals surface area (Å²) < 4.78 is 5.69. The Balaban J connectivity index is 2.06. The Morgan fingerprint density at radius 3 is 2.80 bits per heavy atom. The van der Waals surface area contributed by atoms with Gasteiger partial charge in [-0.05, 0) is 30.3 Å². The summed E-state index contributed by atoms with van der Waals surface area (Å²) in [6, 6.07) is 15.2. The van der Waals surface area contributed by atoms with Crippen LogP contribution in [0.4, 0.5) is 17.4 Å². The van der Waals surface area contributed by atoms with Crippen molar-refractivity contribution in [1.29, 1.82) is 5.26 Å². The highest BCUT2D eigenvalue weighted by Crippen LogP contribution is 2.29. The van der Waals surface area contributed by atoms with Crippen LogP contribution in [0.5, 0.6) is 0 Å². The molecule has 0 aliphatic carbocycles. The van der Waals surface area contributed by atoms with Crippen LogP contribution < -0.4 is 10.6 Å². The zero-order valence-electron chi connectivity index (χ0n) is 10.9. The zero-order valence-corrected chi connectivity index (χ0v) is 10.9. The lowest BCUT2D eigenvalue weighted by atomic mass is 10.2. The summed E-state index contributed by atoms with van der Waals surface area (Å²) >= 11 is 0. The number of oxazole rings is 1. The molecular weight excluding hydrogens is 252 g/mol. The van der Waals surface area contributed by atoms with Crippen LogP contribution in [0.3, 0.4) is 0 Å². The first-order valence-corrected chi connectivity index (χ1v) is 6.08. The highest BCUT2D eigenvalue weighted by Gasteiger charge is 2.13. The van der Waals surface area contributed by atoms with Crippen LogP contribution in [0.1, 0.15) is 5.56 Å². The van der Waals surface area contributed by atoms with Gasteiger partial charge in [-0.25, -0.2) is 0 Å². The molecule has 1 aromatic heterocycles. The molecule has 0 bridgehead atoms. The largest absolute Gasteiger partial charge is 0.423 e. The number of hydrogen-bond donors (Lipinski definition) is 1. The number of nitrogens with two attached hydrogens (primary N) is 1. The van der Waals surface area contributed by atoms with Crippen LogP contribution in [0.15, 0.2) is 46.9 Å². The lowest BCUT2D eigenvalue weighted by molar-refractivity contribution is 0.603. The van der Waals surface area contributed by atoms with Gasteiger partial charge in [0, 0.05) is 12.7 Å². The first kappa shape index (κ1) is 12.1. The molecule has 2 aromatic carbocycles. The van der Waals surface area contributed by atoms with Gasteiger partial charge in [0.1, 0.15) is 5.52 Å². The SMILES string of the molecule is CN(c1cccc(C#N)c1)c1nc2c(N)cccc2o1. The van der Waals surface area contributed by atoms with Gasteiger partial charge < -0.3 is 10.2 Å². The molecule has 0 aliphatic heterocycles. The normalized spacial score (nSPS) is 10.4. The number of para-hydroxylation sites is 1. The van der Waals surface area contributed by atoms with Gasteiger partial charge in [0.05, 0.1) is 17.3 Å². The predicted octanol–water partition coefficient (Wildman–Crippen LogP) is 3.05. The van der Waals surface area contributed by atoms with Gasteiger partial charge in [-0.2, -0.15) is 10.2 Å². The van der Waals surface area contributed by atoms with Gasteiger partial charge in [-0.15, -0.1) is 0 Å². The van der Waals surface area contributed by atoms with E-state index in [1.807, 2.05) is 31.3 Å². The van der Waals surface area contributed by atoms with Crippen molar-refractivity contribution in [2.24, 2.45) is 0 Å². The summed E-state index contributed by atoms with van der Waals surface area (Å²) in [4.78, 5) is 6.17. The third kappa shape index (κ3) is 1.93. The molecule has 0 atom stereocenters. The van der Waals surface area contributed by atoms with Crippen LogP contribution >= 0.6 is 0 Å². The minimum atomic E-state index is 0.438. The standard InChI is InChI=1S/C15H12N4O/c1-19(11-5-2-4-10(8-11)9-16)15-18-14-12(17)6-3-7-13(14)20-15/h2-8H,17H2,1H3. The number of nitriles is 1. The van der Waals surface area contributed by atoms with Crippen LogP contribution in [-0.4, -0.2) is 12.0 Å². The summed E-state index contributed by atoms with van der Waals surface area (Å²) in [7, 11) is 1.83. The molecule has 5 heteroatoms. The third-order valence-electron chi connectivity index (χ3n) is 3.09. The molecule has 0 fully saturated rings. The summed E-state index contributed by atoms with van der Waals surface area (Å²) in [5.41, 5.74) is 9.15. The molecular formula is C15H12N4O. The van der Waals surface area contributed by atoms with Crippen molar-refractivity contribution >= 4 is 28.5 Å². The fourth-order valence-electron chi connectivity index (χ4n) is 2.00. The monoisotopic (exact) mass is 264 g/mol. The van der Waals surface area contributed by atoms with Crippen molar-refractivity contribution in [1.82, 2.24) is 4.98 Å². The first-order chi connectivity index (χ1) is 9.69. The molecule has 98 valence electrons. The molecule has 0 aliphatic rings. The number of nitrogen functional groups attached to an aromatic ring is 1. The van der Waals surface area contributed by atoms with Crippen LogP contribution in [0.25, 0.3) is 11.1 Å². The smallest absolute Gasteiger partial charge is 0.302 e. The molecule has 2 N–H and O–H groups in total. The zero-order chi connectivity index (χ0) is 14.1. The highest BCUT2D eigenvalue weighted by atomic mass is 16.4. The summed E-state index contributed by atoms with van der Waals surface area (Å²) in [6.07, 6.45) is 0. The second kappa shape index (κ2) is 4.59. The van der Waals surface area contributed by atoms with E-state index in [4.69, 9.17) is 15.4 Å². The average molecular weight is 264 g/mol. The molecule has 0 amide bonds. The Bertz CT molecular complexity index is 816. The van der Waals surface area contributed by atoms with E-state index in [9.17, 15) is 0 Å². The number of fused-ring (bicyclic) bond motifs is 1. The Hall–Kier alpha value is -3.00. The van der Waals surface area contributed by atoms with Crippen molar-refractivity contribution in [3.8, 4) is 6.07 Å². The minimum Gasteiger partial charge on any atom is -0.423 e. The van der Waals surface area contributed by atoms with E-state index < -0.39 is 0 Å². The molecule has 0 saturated heterocycles. The lowest BCUT2D eigenvalue weighted by Crippen LogP contribution is -2.09. The molecule has 0 radical (unpaired) electrons. The van der Waals surface area contributed by atoms with Crippen molar-refractivity contribution in [3.05, 3.63) is 48.0 Å². The maximum absolute atomic E-state index is 8.94. The van der Waals surface area contributed by atoms with E-state index in [1.54, 1.807) is 23.1 Å². The molecule has 3 rings (SSSR count).